The first kappa shape index (κ1) is 15.0. The zero-order valence-electron chi connectivity index (χ0n) is 10.8. The maximum Gasteiger partial charge on any atom is 0.416 e. The Labute approximate surface area is 118 Å². The number of nitrogens with zero attached hydrogens (tertiary/aromatic N) is 1. The molecule has 0 saturated heterocycles. The zero-order valence-corrected chi connectivity index (χ0v) is 10.8. The number of oxime groups is 1. The number of benzene rings is 2. The maximum absolute atomic E-state index is 13.3. The summed E-state index contributed by atoms with van der Waals surface area (Å²) in [5, 5.41) is 3.54. The maximum atomic E-state index is 13.3. The van der Waals surface area contributed by atoms with Crippen LogP contribution in [-0.4, -0.2) is 6.21 Å². The summed E-state index contributed by atoms with van der Waals surface area (Å²) >= 11 is 0. The highest BCUT2D eigenvalue weighted by molar-refractivity contribution is 5.79. The molecule has 0 aliphatic carbocycles. The minimum Gasteiger partial charge on any atom is -0.391 e. The van der Waals surface area contributed by atoms with Crippen molar-refractivity contribution in [3.05, 3.63) is 71.0 Å². The van der Waals surface area contributed by atoms with Crippen LogP contribution in [0, 0.1) is 5.82 Å². The number of halogens is 4. The lowest BCUT2D eigenvalue weighted by Crippen LogP contribution is -2.05. The van der Waals surface area contributed by atoms with Crippen LogP contribution in [0.2, 0.25) is 0 Å². The second-order valence-corrected chi connectivity index (χ2v) is 4.22. The van der Waals surface area contributed by atoms with E-state index in [2.05, 4.69) is 5.16 Å². The molecule has 0 aromatic heterocycles. The fourth-order valence-electron chi connectivity index (χ4n) is 1.62. The third-order valence-electron chi connectivity index (χ3n) is 2.67. The normalized spacial score (nSPS) is 11.8. The van der Waals surface area contributed by atoms with E-state index >= 15 is 0 Å². The van der Waals surface area contributed by atoms with Gasteiger partial charge in [-0.2, -0.15) is 13.2 Å². The predicted molar refractivity (Wildman–Crippen MR) is 70.2 cm³/mol. The number of hydrogen-bond donors (Lipinski definition) is 0. The molecule has 0 saturated carbocycles. The van der Waals surface area contributed by atoms with Crippen LogP contribution in [0.3, 0.4) is 0 Å². The molecule has 0 aliphatic rings. The average molecular weight is 297 g/mol. The highest BCUT2D eigenvalue weighted by Crippen LogP contribution is 2.29. The second-order valence-electron chi connectivity index (χ2n) is 4.22. The van der Waals surface area contributed by atoms with Gasteiger partial charge in [-0.05, 0) is 23.8 Å². The molecule has 0 fully saturated rings. The molecule has 2 rings (SSSR count). The predicted octanol–water partition coefficient (Wildman–Crippen LogP) is 4.40. The lowest BCUT2D eigenvalue weighted by atomic mass is 10.1. The second kappa shape index (κ2) is 6.39. The lowest BCUT2D eigenvalue weighted by Gasteiger charge is -2.06. The Morgan fingerprint density at radius 1 is 1.05 bits per heavy atom. The molecule has 2 aromatic carbocycles. The summed E-state index contributed by atoms with van der Waals surface area (Å²) in [6, 6.07) is 10.7. The molecule has 110 valence electrons. The van der Waals surface area contributed by atoms with Crippen LogP contribution in [-0.2, 0) is 17.6 Å². The van der Waals surface area contributed by atoms with Crippen molar-refractivity contribution in [2.24, 2.45) is 5.16 Å². The minimum atomic E-state index is -4.40. The van der Waals surface area contributed by atoms with Gasteiger partial charge < -0.3 is 4.84 Å². The summed E-state index contributed by atoms with van der Waals surface area (Å²) in [6.07, 6.45) is -3.26. The molecule has 2 aromatic rings. The molecular weight excluding hydrogens is 286 g/mol. The third kappa shape index (κ3) is 4.30. The smallest absolute Gasteiger partial charge is 0.391 e. The van der Waals surface area contributed by atoms with Gasteiger partial charge in [-0.15, -0.1) is 0 Å². The van der Waals surface area contributed by atoms with Gasteiger partial charge in [0.25, 0.3) is 0 Å². The van der Waals surface area contributed by atoms with Gasteiger partial charge in [-0.3, -0.25) is 0 Å². The molecule has 0 bridgehead atoms. The van der Waals surface area contributed by atoms with Crippen molar-refractivity contribution in [2.45, 2.75) is 12.8 Å². The van der Waals surface area contributed by atoms with Gasteiger partial charge in [-0.25, -0.2) is 4.39 Å². The molecule has 0 spiro atoms. The summed E-state index contributed by atoms with van der Waals surface area (Å²) in [5.74, 6) is -0.424. The monoisotopic (exact) mass is 297 g/mol. The molecule has 0 heterocycles. The highest BCUT2D eigenvalue weighted by atomic mass is 19.4. The molecule has 6 heteroatoms. The number of rotatable bonds is 4. The summed E-state index contributed by atoms with van der Waals surface area (Å²) < 4.78 is 50.8. The quantitative estimate of drug-likeness (QED) is 0.466. The Kier molecular flexibility index (Phi) is 4.57. The van der Waals surface area contributed by atoms with E-state index in [1.165, 1.54) is 24.3 Å². The van der Waals surface area contributed by atoms with Crippen LogP contribution >= 0.6 is 0 Å². The highest BCUT2D eigenvalue weighted by Gasteiger charge is 2.30. The van der Waals surface area contributed by atoms with E-state index in [0.717, 1.165) is 18.3 Å². The summed E-state index contributed by atoms with van der Waals surface area (Å²) in [7, 11) is 0. The fraction of sp³-hybridized carbons (Fsp3) is 0.133. The lowest BCUT2D eigenvalue weighted by molar-refractivity contribution is -0.137. The van der Waals surface area contributed by atoms with E-state index in [9.17, 15) is 17.6 Å². The topological polar surface area (TPSA) is 21.6 Å². The van der Waals surface area contributed by atoms with E-state index in [0.29, 0.717) is 5.56 Å². The molecule has 0 atom stereocenters. The summed E-state index contributed by atoms with van der Waals surface area (Å²) in [6.45, 7) is -0.0951. The van der Waals surface area contributed by atoms with Crippen LogP contribution in [0.25, 0.3) is 0 Å². The Morgan fingerprint density at radius 2 is 1.81 bits per heavy atom. The molecule has 21 heavy (non-hydrogen) atoms. The first-order chi connectivity index (χ1) is 9.97. The standard InChI is InChI=1S/C15H11F4NO/c16-14-7-2-1-5-12(14)10-21-20-9-11-4-3-6-13(8-11)15(17,18)19/h1-9H,10H2. The Morgan fingerprint density at radius 3 is 2.52 bits per heavy atom. The molecular formula is C15H11F4NO. The van der Waals surface area contributed by atoms with Crippen molar-refractivity contribution in [1.82, 2.24) is 0 Å². The van der Waals surface area contributed by atoms with E-state index < -0.39 is 17.6 Å². The van der Waals surface area contributed by atoms with Crippen molar-refractivity contribution in [3.8, 4) is 0 Å². The zero-order chi connectivity index (χ0) is 15.3. The molecule has 0 N–H and O–H groups in total. The molecule has 0 aliphatic heterocycles. The van der Waals surface area contributed by atoms with Crippen LogP contribution in [0.4, 0.5) is 17.6 Å². The van der Waals surface area contributed by atoms with Gasteiger partial charge in [0.2, 0.25) is 0 Å². The van der Waals surface area contributed by atoms with Crippen LogP contribution < -0.4 is 0 Å². The van der Waals surface area contributed by atoms with Gasteiger partial charge in [0, 0.05) is 5.56 Å². The molecule has 0 amide bonds. The number of alkyl halides is 3. The van der Waals surface area contributed by atoms with Crippen molar-refractivity contribution in [1.29, 1.82) is 0 Å². The van der Waals surface area contributed by atoms with E-state index in [1.807, 2.05) is 0 Å². The van der Waals surface area contributed by atoms with Crippen LogP contribution in [0.1, 0.15) is 16.7 Å². The first-order valence-corrected chi connectivity index (χ1v) is 6.03. The van der Waals surface area contributed by atoms with Gasteiger partial charge in [0.1, 0.15) is 12.4 Å². The largest absolute Gasteiger partial charge is 0.416 e. The van der Waals surface area contributed by atoms with Crippen LogP contribution in [0.5, 0.6) is 0 Å². The Hall–Kier alpha value is -2.37. The fourth-order valence-corrected chi connectivity index (χ4v) is 1.62. The molecule has 2 nitrogen and oxygen atoms in total. The van der Waals surface area contributed by atoms with E-state index in [4.69, 9.17) is 4.84 Å². The van der Waals surface area contributed by atoms with Crippen molar-refractivity contribution >= 4 is 6.21 Å². The summed E-state index contributed by atoms with van der Waals surface area (Å²) in [5.41, 5.74) is -0.197. The molecule has 0 unspecified atom stereocenters. The van der Waals surface area contributed by atoms with Crippen molar-refractivity contribution in [2.75, 3.05) is 0 Å². The minimum absolute atomic E-state index is 0.0951. The van der Waals surface area contributed by atoms with E-state index in [-0.39, 0.29) is 12.2 Å². The van der Waals surface area contributed by atoms with Crippen molar-refractivity contribution < 1.29 is 22.4 Å². The third-order valence-corrected chi connectivity index (χ3v) is 2.67. The first-order valence-electron chi connectivity index (χ1n) is 6.03. The Balaban J connectivity index is 1.98. The van der Waals surface area contributed by atoms with Crippen molar-refractivity contribution in [3.63, 3.8) is 0 Å². The summed E-state index contributed by atoms with van der Waals surface area (Å²) in [4.78, 5) is 4.88. The van der Waals surface area contributed by atoms with Gasteiger partial charge in [0.05, 0.1) is 11.8 Å². The number of hydrogen-bond acceptors (Lipinski definition) is 2. The van der Waals surface area contributed by atoms with Gasteiger partial charge in [0.15, 0.2) is 0 Å². The van der Waals surface area contributed by atoms with Gasteiger partial charge in [-0.1, -0.05) is 35.5 Å². The molecule has 0 radical (unpaired) electrons. The van der Waals surface area contributed by atoms with E-state index in [1.54, 1.807) is 12.1 Å². The van der Waals surface area contributed by atoms with Crippen LogP contribution in [0.15, 0.2) is 53.7 Å². The SMILES string of the molecule is Fc1ccccc1CON=Cc1cccc(C(F)(F)F)c1. The average Bonchev–Trinajstić information content (AvgIpc) is 2.45. The van der Waals surface area contributed by atoms with Gasteiger partial charge >= 0.3 is 6.18 Å². The Bertz CT molecular complexity index is 638.